The maximum Gasteiger partial charge on any atom is 0.335 e. The van der Waals surface area contributed by atoms with Crippen LogP contribution in [-0.2, 0) is 11.3 Å². The second-order valence-electron chi connectivity index (χ2n) is 10.3. The Hall–Kier alpha value is -4.56. The molecule has 8 heteroatoms. The Bertz CT molecular complexity index is 1690. The van der Waals surface area contributed by atoms with Crippen molar-refractivity contribution in [2.45, 2.75) is 25.4 Å². The number of benzene rings is 3. The number of anilines is 1. The molecule has 3 heterocycles. The van der Waals surface area contributed by atoms with E-state index in [0.29, 0.717) is 25.7 Å². The van der Waals surface area contributed by atoms with E-state index in [1.807, 2.05) is 36.5 Å². The van der Waals surface area contributed by atoms with Crippen LogP contribution in [-0.4, -0.2) is 48.1 Å². The van der Waals surface area contributed by atoms with E-state index in [-0.39, 0.29) is 11.6 Å². The molecule has 210 valence electrons. The summed E-state index contributed by atoms with van der Waals surface area (Å²) in [7, 11) is 3.28. The number of methoxy groups -OCH3 is 2. The number of fused-ring (bicyclic) bond motifs is 3. The van der Waals surface area contributed by atoms with Gasteiger partial charge in [-0.05, 0) is 60.7 Å². The summed E-state index contributed by atoms with van der Waals surface area (Å²) in [5, 5.41) is 14.3. The molecular formula is C33H33N3O5. The summed E-state index contributed by atoms with van der Waals surface area (Å²) in [6, 6.07) is 23.7. The Morgan fingerprint density at radius 1 is 1.02 bits per heavy atom. The average Bonchev–Trinajstić information content (AvgIpc) is 3.33. The highest BCUT2D eigenvalue weighted by Crippen LogP contribution is 2.41. The third-order valence-electron chi connectivity index (χ3n) is 8.00. The first-order chi connectivity index (χ1) is 20.1. The number of aromatic nitrogens is 2. The molecule has 1 unspecified atom stereocenters. The van der Waals surface area contributed by atoms with Gasteiger partial charge in [-0.3, -0.25) is 4.98 Å². The zero-order valence-electron chi connectivity index (χ0n) is 23.2. The third-order valence-corrected chi connectivity index (χ3v) is 8.00. The quantitative estimate of drug-likeness (QED) is 0.215. The SMILES string of the molecule is COc1ccc(CNc2cnc3c4ccc(C(=O)O)cc4n(C(c4ccccc4)C4CCOCC4)c3c2)c(OC)c1. The molecule has 0 spiro atoms. The topological polar surface area (TPSA) is 94.8 Å². The predicted octanol–water partition coefficient (Wildman–Crippen LogP) is 6.53. The minimum Gasteiger partial charge on any atom is -0.497 e. The number of carboxylic acids is 1. The van der Waals surface area contributed by atoms with Crippen LogP contribution in [0.2, 0.25) is 0 Å². The second kappa shape index (κ2) is 11.5. The van der Waals surface area contributed by atoms with E-state index in [2.05, 4.69) is 40.2 Å². The summed E-state index contributed by atoms with van der Waals surface area (Å²) in [6.45, 7) is 1.95. The first-order valence-corrected chi connectivity index (χ1v) is 13.8. The van der Waals surface area contributed by atoms with Crippen LogP contribution in [0.25, 0.3) is 21.9 Å². The minimum absolute atomic E-state index is 0.0112. The summed E-state index contributed by atoms with van der Waals surface area (Å²) in [4.78, 5) is 16.9. The van der Waals surface area contributed by atoms with Crippen molar-refractivity contribution in [1.29, 1.82) is 0 Å². The lowest BCUT2D eigenvalue weighted by Crippen LogP contribution is -2.27. The molecular weight excluding hydrogens is 518 g/mol. The molecule has 3 aromatic carbocycles. The van der Waals surface area contributed by atoms with Gasteiger partial charge in [-0.2, -0.15) is 0 Å². The number of nitrogens with one attached hydrogen (secondary N) is 1. The van der Waals surface area contributed by atoms with Gasteiger partial charge in [-0.15, -0.1) is 0 Å². The molecule has 1 aliphatic rings. The normalized spacial score (nSPS) is 14.7. The van der Waals surface area contributed by atoms with Crippen LogP contribution in [0, 0.1) is 5.92 Å². The Morgan fingerprint density at radius 2 is 1.83 bits per heavy atom. The summed E-state index contributed by atoms with van der Waals surface area (Å²) in [5.74, 6) is 0.845. The lowest BCUT2D eigenvalue weighted by Gasteiger charge is -2.33. The zero-order chi connectivity index (χ0) is 28.3. The fourth-order valence-corrected chi connectivity index (χ4v) is 5.94. The van der Waals surface area contributed by atoms with Crippen molar-refractivity contribution in [3.05, 3.63) is 95.7 Å². The van der Waals surface area contributed by atoms with Gasteiger partial charge in [0.1, 0.15) is 11.5 Å². The Kier molecular flexibility index (Phi) is 7.48. The monoisotopic (exact) mass is 551 g/mol. The van der Waals surface area contributed by atoms with E-state index < -0.39 is 5.97 Å². The highest BCUT2D eigenvalue weighted by atomic mass is 16.5. The molecule has 6 rings (SSSR count). The number of rotatable bonds is 9. The molecule has 5 aromatic rings. The van der Waals surface area contributed by atoms with Crippen LogP contribution < -0.4 is 14.8 Å². The fourth-order valence-electron chi connectivity index (χ4n) is 5.94. The number of ether oxygens (including phenoxy) is 3. The standard InChI is InChI=1S/C33H33N3O5/c1-39-26-10-8-24(30(18-26)40-2)19-34-25-17-29-31(35-20-25)27-11-9-23(33(37)38)16-28(27)36(29)32(21-6-4-3-5-7-21)22-12-14-41-15-13-22/h3-11,16-18,20,22,32,34H,12-15,19H2,1-2H3,(H,37,38). The van der Waals surface area contributed by atoms with Crippen LogP contribution in [0.5, 0.6) is 11.5 Å². The van der Waals surface area contributed by atoms with Crippen molar-refractivity contribution in [1.82, 2.24) is 9.55 Å². The van der Waals surface area contributed by atoms with Gasteiger partial charge in [-0.1, -0.05) is 30.3 Å². The van der Waals surface area contributed by atoms with Gasteiger partial charge in [0.05, 0.1) is 54.3 Å². The van der Waals surface area contributed by atoms with Gasteiger partial charge < -0.3 is 29.2 Å². The number of carboxylic acid groups (broad SMARTS) is 1. The van der Waals surface area contributed by atoms with Crippen molar-refractivity contribution in [2.75, 3.05) is 32.8 Å². The summed E-state index contributed by atoms with van der Waals surface area (Å²) < 4.78 is 19.0. The summed E-state index contributed by atoms with van der Waals surface area (Å²) in [5.41, 5.74) is 5.94. The van der Waals surface area contributed by atoms with Crippen molar-refractivity contribution in [3.63, 3.8) is 0 Å². The molecule has 41 heavy (non-hydrogen) atoms. The molecule has 0 bridgehead atoms. The Morgan fingerprint density at radius 3 is 2.56 bits per heavy atom. The average molecular weight is 552 g/mol. The minimum atomic E-state index is -0.949. The van der Waals surface area contributed by atoms with Crippen molar-refractivity contribution >= 4 is 33.6 Å². The van der Waals surface area contributed by atoms with Gasteiger partial charge in [0.15, 0.2) is 0 Å². The fraction of sp³-hybridized carbons (Fsp3) is 0.273. The van der Waals surface area contributed by atoms with E-state index >= 15 is 0 Å². The summed E-state index contributed by atoms with van der Waals surface area (Å²) in [6.07, 6.45) is 3.67. The van der Waals surface area contributed by atoms with Crippen LogP contribution in [0.3, 0.4) is 0 Å². The molecule has 1 fully saturated rings. The number of hydrogen-bond acceptors (Lipinski definition) is 6. The van der Waals surface area contributed by atoms with Crippen LogP contribution in [0.4, 0.5) is 5.69 Å². The third kappa shape index (κ3) is 5.18. The molecule has 0 aliphatic carbocycles. The predicted molar refractivity (Wildman–Crippen MR) is 159 cm³/mol. The maximum atomic E-state index is 12.0. The smallest absolute Gasteiger partial charge is 0.335 e. The first kappa shape index (κ1) is 26.7. The van der Waals surface area contributed by atoms with Crippen LogP contribution in [0.15, 0.2) is 79.0 Å². The number of nitrogens with zero attached hydrogens (tertiary/aromatic N) is 2. The number of pyridine rings is 1. The largest absolute Gasteiger partial charge is 0.497 e. The molecule has 0 amide bonds. The zero-order valence-corrected chi connectivity index (χ0v) is 23.2. The Labute approximate surface area is 238 Å². The van der Waals surface area contributed by atoms with Gasteiger partial charge >= 0.3 is 5.97 Å². The highest BCUT2D eigenvalue weighted by Gasteiger charge is 2.30. The first-order valence-electron chi connectivity index (χ1n) is 13.8. The van der Waals surface area contributed by atoms with Crippen LogP contribution >= 0.6 is 0 Å². The van der Waals surface area contributed by atoms with E-state index in [4.69, 9.17) is 19.2 Å². The van der Waals surface area contributed by atoms with E-state index in [1.165, 1.54) is 5.56 Å². The Balaban J connectivity index is 1.50. The van der Waals surface area contributed by atoms with Gasteiger partial charge in [-0.25, -0.2) is 4.79 Å². The lowest BCUT2D eigenvalue weighted by molar-refractivity contribution is 0.0553. The maximum absolute atomic E-state index is 12.0. The van der Waals surface area contributed by atoms with Crippen LogP contribution in [0.1, 0.15) is 40.4 Å². The molecule has 8 nitrogen and oxygen atoms in total. The molecule has 2 aromatic heterocycles. The number of aromatic carboxylic acids is 1. The number of carbonyl (C=O) groups is 1. The van der Waals surface area contributed by atoms with Gasteiger partial charge in [0, 0.05) is 36.8 Å². The molecule has 1 saturated heterocycles. The highest BCUT2D eigenvalue weighted by molar-refractivity contribution is 6.08. The van der Waals surface area contributed by atoms with E-state index in [9.17, 15) is 9.90 Å². The second-order valence-corrected chi connectivity index (χ2v) is 10.3. The van der Waals surface area contributed by atoms with E-state index in [0.717, 1.165) is 57.5 Å². The van der Waals surface area contributed by atoms with E-state index in [1.54, 1.807) is 26.4 Å². The summed E-state index contributed by atoms with van der Waals surface area (Å²) >= 11 is 0. The molecule has 0 radical (unpaired) electrons. The van der Waals surface area contributed by atoms with Gasteiger partial charge in [0.25, 0.3) is 0 Å². The molecule has 0 saturated carbocycles. The lowest BCUT2D eigenvalue weighted by atomic mass is 9.86. The van der Waals surface area contributed by atoms with Crippen molar-refractivity contribution in [3.8, 4) is 11.5 Å². The van der Waals surface area contributed by atoms with Crippen molar-refractivity contribution < 1.29 is 24.1 Å². The van der Waals surface area contributed by atoms with Crippen molar-refractivity contribution in [2.24, 2.45) is 5.92 Å². The van der Waals surface area contributed by atoms with Gasteiger partial charge in [0.2, 0.25) is 0 Å². The molecule has 2 N–H and O–H groups in total. The molecule has 1 atom stereocenters. The number of hydrogen-bond donors (Lipinski definition) is 2. The molecule has 1 aliphatic heterocycles.